The molecule has 0 aliphatic heterocycles. The lowest BCUT2D eigenvalue weighted by atomic mass is 10.1. The van der Waals surface area contributed by atoms with Gasteiger partial charge in [-0.25, -0.2) is 8.42 Å². The predicted molar refractivity (Wildman–Crippen MR) is 84.6 cm³/mol. The molecule has 0 unspecified atom stereocenters. The number of phenols is 1. The van der Waals surface area contributed by atoms with Gasteiger partial charge in [-0.05, 0) is 50.1 Å². The summed E-state index contributed by atoms with van der Waals surface area (Å²) >= 11 is 5.87. The number of rotatable bonds is 3. The van der Waals surface area contributed by atoms with E-state index in [4.69, 9.17) is 11.6 Å². The Morgan fingerprint density at radius 1 is 1.05 bits per heavy atom. The molecule has 4 nitrogen and oxygen atoms in total. The van der Waals surface area contributed by atoms with Crippen LogP contribution in [0.4, 0.5) is 5.69 Å². The van der Waals surface area contributed by atoms with Gasteiger partial charge in [0.1, 0.15) is 5.75 Å². The Balaban J connectivity index is 2.47. The zero-order valence-electron chi connectivity index (χ0n) is 11.9. The summed E-state index contributed by atoms with van der Waals surface area (Å²) in [4.78, 5) is 0.120. The molecule has 0 heterocycles. The lowest BCUT2D eigenvalue weighted by Crippen LogP contribution is -2.15. The number of hydrogen-bond acceptors (Lipinski definition) is 3. The molecule has 0 aliphatic carbocycles. The third kappa shape index (κ3) is 3.14. The van der Waals surface area contributed by atoms with Crippen molar-refractivity contribution in [3.63, 3.8) is 0 Å². The third-order valence-electron chi connectivity index (χ3n) is 3.32. The first-order valence-corrected chi connectivity index (χ1v) is 8.16. The minimum Gasteiger partial charge on any atom is -0.507 e. The van der Waals surface area contributed by atoms with Crippen LogP contribution in [0.15, 0.2) is 35.2 Å². The summed E-state index contributed by atoms with van der Waals surface area (Å²) < 4.78 is 27.4. The summed E-state index contributed by atoms with van der Waals surface area (Å²) in [5.74, 6) is 0.0815. The van der Waals surface area contributed by atoms with Crippen LogP contribution in [0.3, 0.4) is 0 Å². The standard InChI is InChI=1S/C15H16ClNO3S/c1-9-4-6-12(16)8-14(9)21(19,20)17-13-7-5-10(2)15(18)11(13)3/h4-8,17-18H,1-3H3. The van der Waals surface area contributed by atoms with E-state index in [0.717, 1.165) is 0 Å². The average Bonchev–Trinajstić information content (AvgIpc) is 2.42. The van der Waals surface area contributed by atoms with Crippen LogP contribution in [0.5, 0.6) is 5.75 Å². The molecule has 0 bridgehead atoms. The molecular formula is C15H16ClNO3S. The van der Waals surface area contributed by atoms with Gasteiger partial charge >= 0.3 is 0 Å². The van der Waals surface area contributed by atoms with Crippen molar-refractivity contribution in [3.05, 3.63) is 52.0 Å². The number of aryl methyl sites for hydroxylation is 2. The van der Waals surface area contributed by atoms with Crippen LogP contribution in [0, 0.1) is 20.8 Å². The van der Waals surface area contributed by atoms with Gasteiger partial charge in [-0.1, -0.05) is 23.7 Å². The van der Waals surface area contributed by atoms with Crippen LogP contribution >= 0.6 is 11.6 Å². The second-order valence-corrected chi connectivity index (χ2v) is 7.01. The van der Waals surface area contributed by atoms with Crippen LogP contribution in [-0.4, -0.2) is 13.5 Å². The van der Waals surface area contributed by atoms with E-state index in [2.05, 4.69) is 4.72 Å². The van der Waals surface area contributed by atoms with E-state index in [-0.39, 0.29) is 10.6 Å². The second kappa shape index (κ2) is 5.58. The molecule has 2 aromatic rings. The molecule has 0 saturated heterocycles. The van der Waals surface area contributed by atoms with Gasteiger partial charge in [0.05, 0.1) is 10.6 Å². The molecule has 2 N–H and O–H groups in total. The number of nitrogens with one attached hydrogen (secondary N) is 1. The van der Waals surface area contributed by atoms with Crippen LogP contribution in [0.2, 0.25) is 5.02 Å². The van der Waals surface area contributed by atoms with Crippen molar-refractivity contribution in [1.29, 1.82) is 0 Å². The van der Waals surface area contributed by atoms with E-state index in [9.17, 15) is 13.5 Å². The summed E-state index contributed by atoms with van der Waals surface area (Å²) in [5.41, 5.74) is 2.12. The zero-order chi connectivity index (χ0) is 15.8. The third-order valence-corrected chi connectivity index (χ3v) is 5.06. The lowest BCUT2D eigenvalue weighted by Gasteiger charge is -2.14. The summed E-state index contributed by atoms with van der Waals surface area (Å²) in [6.07, 6.45) is 0. The monoisotopic (exact) mass is 325 g/mol. The Kier molecular flexibility index (Phi) is 4.16. The molecule has 0 fully saturated rings. The number of anilines is 1. The van der Waals surface area contributed by atoms with Crippen LogP contribution in [0.25, 0.3) is 0 Å². The molecular weight excluding hydrogens is 310 g/mol. The minimum atomic E-state index is -3.76. The van der Waals surface area contributed by atoms with E-state index in [1.165, 1.54) is 6.07 Å². The van der Waals surface area contributed by atoms with E-state index in [0.29, 0.717) is 27.4 Å². The first kappa shape index (κ1) is 15.7. The first-order chi connectivity index (χ1) is 9.72. The van der Waals surface area contributed by atoms with Gasteiger partial charge < -0.3 is 5.11 Å². The van der Waals surface area contributed by atoms with Crippen molar-refractivity contribution in [2.24, 2.45) is 0 Å². The Hall–Kier alpha value is -1.72. The fourth-order valence-corrected chi connectivity index (χ4v) is 3.64. The quantitative estimate of drug-likeness (QED) is 0.902. The van der Waals surface area contributed by atoms with E-state index in [1.54, 1.807) is 45.0 Å². The Morgan fingerprint density at radius 3 is 2.33 bits per heavy atom. The van der Waals surface area contributed by atoms with E-state index < -0.39 is 10.0 Å². The predicted octanol–water partition coefficient (Wildman–Crippen LogP) is 3.77. The number of hydrogen-bond donors (Lipinski definition) is 2. The van der Waals surface area contributed by atoms with Gasteiger partial charge in [-0.2, -0.15) is 0 Å². The van der Waals surface area contributed by atoms with Crippen molar-refractivity contribution in [2.45, 2.75) is 25.7 Å². The Labute approximate surface area is 129 Å². The number of halogens is 1. The van der Waals surface area contributed by atoms with Gasteiger partial charge in [0.2, 0.25) is 0 Å². The number of sulfonamides is 1. The first-order valence-electron chi connectivity index (χ1n) is 6.30. The maximum Gasteiger partial charge on any atom is 0.262 e. The van der Waals surface area contributed by atoms with Crippen molar-refractivity contribution in [3.8, 4) is 5.75 Å². The molecule has 2 rings (SSSR count). The Morgan fingerprint density at radius 2 is 1.67 bits per heavy atom. The SMILES string of the molecule is Cc1ccc(Cl)cc1S(=O)(=O)Nc1ccc(C)c(O)c1C. The summed E-state index contributed by atoms with van der Waals surface area (Å²) in [6, 6.07) is 7.98. The van der Waals surface area contributed by atoms with Gasteiger partial charge in [0, 0.05) is 10.6 Å². The van der Waals surface area contributed by atoms with Gasteiger partial charge in [0.25, 0.3) is 10.0 Å². The molecule has 0 radical (unpaired) electrons. The van der Waals surface area contributed by atoms with Gasteiger partial charge in [0.15, 0.2) is 0 Å². The molecule has 0 atom stereocenters. The molecule has 2 aromatic carbocycles. The molecule has 6 heteroatoms. The molecule has 112 valence electrons. The summed E-state index contributed by atoms with van der Waals surface area (Å²) in [6.45, 7) is 5.11. The van der Waals surface area contributed by atoms with E-state index in [1.807, 2.05) is 0 Å². The van der Waals surface area contributed by atoms with E-state index >= 15 is 0 Å². The highest BCUT2D eigenvalue weighted by Crippen LogP contribution is 2.30. The molecule has 0 amide bonds. The summed E-state index contributed by atoms with van der Waals surface area (Å²) in [5, 5.41) is 10.2. The number of phenolic OH excluding ortho intramolecular Hbond substituents is 1. The second-order valence-electron chi connectivity index (χ2n) is 4.92. The number of aromatic hydroxyl groups is 1. The molecule has 0 aromatic heterocycles. The fraction of sp³-hybridized carbons (Fsp3) is 0.200. The van der Waals surface area contributed by atoms with Crippen molar-refractivity contribution in [1.82, 2.24) is 0 Å². The van der Waals surface area contributed by atoms with Crippen LogP contribution in [-0.2, 0) is 10.0 Å². The highest BCUT2D eigenvalue weighted by atomic mass is 35.5. The maximum atomic E-state index is 12.5. The van der Waals surface area contributed by atoms with Crippen molar-refractivity contribution >= 4 is 27.3 Å². The molecule has 0 spiro atoms. The van der Waals surface area contributed by atoms with Crippen molar-refractivity contribution in [2.75, 3.05) is 4.72 Å². The number of benzene rings is 2. The lowest BCUT2D eigenvalue weighted by molar-refractivity contribution is 0.467. The minimum absolute atomic E-state index is 0.0815. The molecule has 21 heavy (non-hydrogen) atoms. The summed E-state index contributed by atoms with van der Waals surface area (Å²) in [7, 11) is -3.76. The molecule has 0 saturated carbocycles. The highest BCUT2D eigenvalue weighted by Gasteiger charge is 2.19. The largest absolute Gasteiger partial charge is 0.507 e. The molecule has 0 aliphatic rings. The van der Waals surface area contributed by atoms with Gasteiger partial charge in [-0.15, -0.1) is 0 Å². The van der Waals surface area contributed by atoms with Crippen LogP contribution < -0.4 is 4.72 Å². The zero-order valence-corrected chi connectivity index (χ0v) is 13.5. The van der Waals surface area contributed by atoms with Crippen molar-refractivity contribution < 1.29 is 13.5 Å². The van der Waals surface area contributed by atoms with Crippen LogP contribution in [0.1, 0.15) is 16.7 Å². The Bertz CT molecular complexity index is 801. The highest BCUT2D eigenvalue weighted by molar-refractivity contribution is 7.92. The smallest absolute Gasteiger partial charge is 0.262 e. The average molecular weight is 326 g/mol. The fourth-order valence-electron chi connectivity index (χ4n) is 2.01. The maximum absolute atomic E-state index is 12.5. The topological polar surface area (TPSA) is 66.4 Å². The normalized spacial score (nSPS) is 11.4. The van der Waals surface area contributed by atoms with Gasteiger partial charge in [-0.3, -0.25) is 4.72 Å².